The van der Waals surface area contributed by atoms with E-state index in [0.29, 0.717) is 12.8 Å². The Kier molecular flexibility index (Phi) is 38.5. The van der Waals surface area contributed by atoms with Crippen LogP contribution in [0, 0.1) is 0 Å². The van der Waals surface area contributed by atoms with Crippen LogP contribution >= 0.6 is 0 Å². The minimum absolute atomic E-state index is 0.224. The maximum atomic E-state index is 13.1. The third-order valence-corrected chi connectivity index (χ3v) is 13.1. The molecule has 7 unspecified atom stereocenters. The van der Waals surface area contributed by atoms with Crippen LogP contribution in [-0.2, 0) is 28.9 Å². The van der Waals surface area contributed by atoms with Gasteiger partial charge in [0.15, 0.2) is 6.29 Å². The van der Waals surface area contributed by atoms with Crippen molar-refractivity contribution >= 4 is 16.3 Å². The number of carbonyl (C=O) groups excluding carboxylic acids is 1. The minimum atomic E-state index is -5.07. The zero-order chi connectivity index (χ0) is 45.5. The van der Waals surface area contributed by atoms with Crippen molar-refractivity contribution in [2.24, 2.45) is 0 Å². The molecule has 6 N–H and O–H groups in total. The third-order valence-electron chi connectivity index (χ3n) is 12.7. The highest BCUT2D eigenvalue weighted by Crippen LogP contribution is 2.26. The molecule has 0 spiro atoms. The van der Waals surface area contributed by atoms with E-state index in [1.165, 1.54) is 173 Å². The third kappa shape index (κ3) is 32.7. The van der Waals surface area contributed by atoms with Gasteiger partial charge in [-0.05, 0) is 12.8 Å². The van der Waals surface area contributed by atoms with E-state index in [1.807, 2.05) is 0 Å². The van der Waals surface area contributed by atoms with E-state index in [9.17, 15) is 38.2 Å². The molecular formula is C49H97NO11S. The summed E-state index contributed by atoms with van der Waals surface area (Å²) < 4.78 is 47.7. The van der Waals surface area contributed by atoms with Crippen LogP contribution in [0.4, 0.5) is 0 Å². The van der Waals surface area contributed by atoms with Crippen molar-refractivity contribution in [3.05, 3.63) is 0 Å². The molecule has 1 fully saturated rings. The van der Waals surface area contributed by atoms with Gasteiger partial charge in [-0.15, -0.1) is 0 Å². The van der Waals surface area contributed by atoms with E-state index in [-0.39, 0.29) is 12.5 Å². The summed E-state index contributed by atoms with van der Waals surface area (Å²) in [5.41, 5.74) is 0. The Morgan fingerprint density at radius 2 is 0.935 bits per heavy atom. The number of amides is 1. The van der Waals surface area contributed by atoms with Gasteiger partial charge in [-0.2, -0.15) is 8.42 Å². The number of unbranched alkanes of at least 4 members (excludes halogenated alkanes) is 33. The number of rotatable bonds is 45. The van der Waals surface area contributed by atoms with Gasteiger partial charge < -0.3 is 35.2 Å². The lowest BCUT2D eigenvalue weighted by atomic mass is 9.99. The molecule has 370 valence electrons. The lowest BCUT2D eigenvalue weighted by Crippen LogP contribution is -2.61. The summed E-state index contributed by atoms with van der Waals surface area (Å²) in [6.45, 7) is 3.48. The van der Waals surface area contributed by atoms with E-state index in [0.717, 1.165) is 51.4 Å². The zero-order valence-electron chi connectivity index (χ0n) is 39.7. The normalized spacial score (nSPS) is 20.4. The SMILES string of the molecule is CCCCCCCCCCCCCCCCCCCCCCCC(=O)NC(COC1OC(CO)C(O)C(OS(=O)(=O)O)C1O)C(O)CCCCCCCCCCCCCCCC. The highest BCUT2D eigenvalue weighted by Gasteiger charge is 2.48. The van der Waals surface area contributed by atoms with Gasteiger partial charge in [0.25, 0.3) is 0 Å². The quantitative estimate of drug-likeness (QED) is 0.0252. The first-order valence-electron chi connectivity index (χ1n) is 25.9. The van der Waals surface area contributed by atoms with Crippen LogP contribution < -0.4 is 5.32 Å². The summed E-state index contributed by atoms with van der Waals surface area (Å²) in [4.78, 5) is 13.1. The maximum Gasteiger partial charge on any atom is 0.397 e. The van der Waals surface area contributed by atoms with Gasteiger partial charge in [0, 0.05) is 6.42 Å². The summed E-state index contributed by atoms with van der Waals surface area (Å²) >= 11 is 0. The van der Waals surface area contributed by atoms with Crippen molar-refractivity contribution in [3.63, 3.8) is 0 Å². The first kappa shape index (κ1) is 59.1. The monoisotopic (exact) mass is 908 g/mol. The van der Waals surface area contributed by atoms with Crippen molar-refractivity contribution in [2.75, 3.05) is 13.2 Å². The Labute approximate surface area is 379 Å². The predicted octanol–water partition coefficient (Wildman–Crippen LogP) is 10.9. The molecule has 62 heavy (non-hydrogen) atoms. The van der Waals surface area contributed by atoms with Crippen molar-refractivity contribution < 1.29 is 51.8 Å². The summed E-state index contributed by atoms with van der Waals surface area (Å²) in [7, 11) is -5.07. The molecule has 0 radical (unpaired) electrons. The van der Waals surface area contributed by atoms with Crippen molar-refractivity contribution in [3.8, 4) is 0 Å². The van der Waals surface area contributed by atoms with Gasteiger partial charge in [0.2, 0.25) is 5.91 Å². The van der Waals surface area contributed by atoms with E-state index in [2.05, 4.69) is 23.3 Å². The molecule has 1 aliphatic heterocycles. The van der Waals surface area contributed by atoms with E-state index in [1.54, 1.807) is 0 Å². The average molecular weight is 908 g/mol. The second-order valence-corrected chi connectivity index (χ2v) is 19.5. The first-order chi connectivity index (χ1) is 30.0. The molecule has 1 heterocycles. The topological polar surface area (TPSA) is 192 Å². The minimum Gasteiger partial charge on any atom is -0.394 e. The molecule has 12 nitrogen and oxygen atoms in total. The number of carbonyl (C=O) groups is 1. The van der Waals surface area contributed by atoms with E-state index < -0.39 is 59.9 Å². The molecule has 1 saturated heterocycles. The fraction of sp³-hybridized carbons (Fsp3) is 0.980. The number of hydrogen-bond donors (Lipinski definition) is 6. The largest absolute Gasteiger partial charge is 0.397 e. The molecule has 0 bridgehead atoms. The predicted molar refractivity (Wildman–Crippen MR) is 250 cm³/mol. The average Bonchev–Trinajstić information content (AvgIpc) is 3.24. The molecule has 0 saturated carbocycles. The molecule has 13 heteroatoms. The zero-order valence-corrected chi connectivity index (χ0v) is 40.5. The van der Waals surface area contributed by atoms with Gasteiger partial charge in [-0.1, -0.05) is 232 Å². The summed E-state index contributed by atoms with van der Waals surface area (Å²) in [5.74, 6) is -0.224. The van der Waals surface area contributed by atoms with Gasteiger partial charge in [-0.25, -0.2) is 4.18 Å². The van der Waals surface area contributed by atoms with Gasteiger partial charge in [0.05, 0.1) is 25.4 Å². The first-order valence-corrected chi connectivity index (χ1v) is 27.3. The van der Waals surface area contributed by atoms with Crippen LogP contribution in [-0.4, -0.2) is 95.4 Å². The summed E-state index contributed by atoms with van der Waals surface area (Å²) in [5, 5.41) is 44.9. The highest BCUT2D eigenvalue weighted by molar-refractivity contribution is 7.80. The standard InChI is InChI=1S/C49H97NO11S/c1-3-5-7-9-11-13-15-17-19-20-21-22-23-24-25-27-29-31-33-35-37-39-45(53)50-42(41-59-49-47(55)48(61-62(56,57)58)46(54)44(40-51)60-49)43(52)38-36-34-32-30-28-26-18-16-14-12-10-8-6-4-2/h42-44,46-49,51-52,54-55H,3-41H2,1-2H3,(H,50,53)(H,56,57,58). The van der Waals surface area contributed by atoms with Crippen LogP contribution in [0.15, 0.2) is 0 Å². The van der Waals surface area contributed by atoms with Crippen LogP contribution in [0.5, 0.6) is 0 Å². The second kappa shape index (κ2) is 40.4. The van der Waals surface area contributed by atoms with E-state index >= 15 is 0 Å². The molecule has 1 amide bonds. The molecule has 0 aromatic carbocycles. The smallest absolute Gasteiger partial charge is 0.394 e. The summed E-state index contributed by atoms with van der Waals surface area (Å²) in [6, 6.07) is -0.851. The Balaban J connectivity index is 2.39. The number of aliphatic hydroxyl groups excluding tert-OH is 4. The fourth-order valence-corrected chi connectivity index (χ4v) is 9.15. The second-order valence-electron chi connectivity index (χ2n) is 18.5. The van der Waals surface area contributed by atoms with E-state index in [4.69, 9.17) is 9.47 Å². The van der Waals surface area contributed by atoms with Gasteiger partial charge in [-0.3, -0.25) is 9.35 Å². The number of hydrogen-bond acceptors (Lipinski definition) is 10. The Morgan fingerprint density at radius 3 is 1.29 bits per heavy atom. The molecule has 0 aromatic heterocycles. The van der Waals surface area contributed by atoms with Crippen LogP contribution in [0.1, 0.15) is 251 Å². The lowest BCUT2D eigenvalue weighted by molar-refractivity contribution is -0.298. The molecule has 7 atom stereocenters. The number of aliphatic hydroxyl groups is 4. The van der Waals surface area contributed by atoms with Crippen molar-refractivity contribution in [1.82, 2.24) is 5.32 Å². The number of nitrogens with one attached hydrogen (secondary N) is 1. The highest BCUT2D eigenvalue weighted by atomic mass is 32.3. The summed E-state index contributed by atoms with van der Waals surface area (Å²) in [6.07, 6.45) is 35.3. The molecule has 0 aromatic rings. The lowest BCUT2D eigenvalue weighted by Gasteiger charge is -2.41. The van der Waals surface area contributed by atoms with Crippen LogP contribution in [0.2, 0.25) is 0 Å². The Bertz CT molecular complexity index is 1120. The number of ether oxygens (including phenoxy) is 2. The Hall–Kier alpha value is -0.900. The van der Waals surface area contributed by atoms with Crippen molar-refractivity contribution in [2.45, 2.75) is 294 Å². The van der Waals surface area contributed by atoms with Gasteiger partial charge >= 0.3 is 10.4 Å². The van der Waals surface area contributed by atoms with Crippen molar-refractivity contribution in [1.29, 1.82) is 0 Å². The Morgan fingerprint density at radius 1 is 0.581 bits per heavy atom. The van der Waals surface area contributed by atoms with Crippen LogP contribution in [0.3, 0.4) is 0 Å². The van der Waals surface area contributed by atoms with Gasteiger partial charge in [0.1, 0.15) is 24.4 Å². The molecule has 1 rings (SSSR count). The van der Waals surface area contributed by atoms with Crippen LogP contribution in [0.25, 0.3) is 0 Å². The molecule has 0 aliphatic carbocycles. The fourth-order valence-electron chi connectivity index (χ4n) is 8.64. The maximum absolute atomic E-state index is 13.1. The molecule has 1 aliphatic rings. The molecular weight excluding hydrogens is 811 g/mol.